The number of nitrogens with one attached hydrogen (secondary N) is 1. The van der Waals surface area contributed by atoms with Crippen molar-refractivity contribution in [2.45, 2.75) is 33.1 Å². The topological polar surface area (TPSA) is 41.0 Å². The molecule has 0 saturated carbocycles. The lowest BCUT2D eigenvalue weighted by Gasteiger charge is -2.32. The molecule has 100 valence electrons. The van der Waals surface area contributed by atoms with Gasteiger partial charge in [0.25, 0.3) is 0 Å². The fourth-order valence-electron chi connectivity index (χ4n) is 2.47. The second kappa shape index (κ2) is 6.69. The number of hydrogen-bond acceptors (Lipinski definition) is 4. The number of aryl methyl sites for hydroxylation is 1. The first kappa shape index (κ1) is 13.3. The van der Waals surface area contributed by atoms with Crippen LogP contribution < -0.4 is 10.2 Å². The van der Waals surface area contributed by atoms with Crippen LogP contribution in [0.2, 0.25) is 0 Å². The van der Waals surface area contributed by atoms with Gasteiger partial charge in [-0.2, -0.15) is 0 Å². The van der Waals surface area contributed by atoms with Crippen molar-refractivity contribution < 1.29 is 0 Å². The molecular formula is C14H24N4. The van der Waals surface area contributed by atoms with Gasteiger partial charge in [-0.15, -0.1) is 0 Å². The molecule has 4 nitrogen and oxygen atoms in total. The summed E-state index contributed by atoms with van der Waals surface area (Å²) in [6.45, 7) is 8.78. The van der Waals surface area contributed by atoms with Gasteiger partial charge in [0.2, 0.25) is 0 Å². The molecule has 1 aromatic heterocycles. The summed E-state index contributed by atoms with van der Waals surface area (Å²) in [4.78, 5) is 11.0. The maximum Gasteiger partial charge on any atom is 0.132 e. The van der Waals surface area contributed by atoms with E-state index in [1.165, 1.54) is 12.8 Å². The summed E-state index contributed by atoms with van der Waals surface area (Å²) in [5.41, 5.74) is 1.13. The maximum absolute atomic E-state index is 4.40. The van der Waals surface area contributed by atoms with Gasteiger partial charge in [-0.25, -0.2) is 9.97 Å². The third-order valence-electron chi connectivity index (χ3n) is 3.69. The molecule has 0 radical (unpaired) electrons. The second-order valence-electron chi connectivity index (χ2n) is 4.96. The summed E-state index contributed by atoms with van der Waals surface area (Å²) < 4.78 is 0. The van der Waals surface area contributed by atoms with Crippen molar-refractivity contribution in [3.63, 3.8) is 0 Å². The first-order chi connectivity index (χ1) is 8.83. The summed E-state index contributed by atoms with van der Waals surface area (Å²) in [5, 5.41) is 3.45. The molecule has 1 fully saturated rings. The summed E-state index contributed by atoms with van der Waals surface area (Å²) >= 11 is 0. The lowest BCUT2D eigenvalue weighted by molar-refractivity contribution is 0.385. The minimum absolute atomic E-state index is 0.827. The smallest absolute Gasteiger partial charge is 0.132 e. The zero-order chi connectivity index (χ0) is 12.8. The van der Waals surface area contributed by atoms with Gasteiger partial charge in [-0.1, -0.05) is 13.8 Å². The van der Waals surface area contributed by atoms with Gasteiger partial charge in [0.1, 0.15) is 12.1 Å². The number of aromatic nitrogens is 2. The molecule has 2 heterocycles. The zero-order valence-corrected chi connectivity index (χ0v) is 11.5. The molecule has 0 spiro atoms. The first-order valence-electron chi connectivity index (χ1n) is 7.10. The second-order valence-corrected chi connectivity index (χ2v) is 4.96. The highest BCUT2D eigenvalue weighted by atomic mass is 15.2. The van der Waals surface area contributed by atoms with E-state index in [0.29, 0.717) is 0 Å². The van der Waals surface area contributed by atoms with E-state index >= 15 is 0 Å². The van der Waals surface area contributed by atoms with Crippen molar-refractivity contribution in [3.8, 4) is 0 Å². The molecule has 0 amide bonds. The summed E-state index contributed by atoms with van der Waals surface area (Å²) in [6, 6.07) is 2.13. The Kier molecular flexibility index (Phi) is 4.93. The number of piperidine rings is 1. The largest absolute Gasteiger partial charge is 0.356 e. The van der Waals surface area contributed by atoms with Crippen LogP contribution in [0.25, 0.3) is 0 Å². The van der Waals surface area contributed by atoms with Crippen LogP contribution in [0.15, 0.2) is 12.4 Å². The number of rotatable bonds is 5. The molecule has 1 aromatic rings. The summed E-state index contributed by atoms with van der Waals surface area (Å²) in [6.07, 6.45) is 5.20. The Balaban J connectivity index is 1.88. The molecule has 2 rings (SSSR count). The fraction of sp³-hybridized carbons (Fsp3) is 0.714. The Morgan fingerprint density at radius 3 is 2.72 bits per heavy atom. The van der Waals surface area contributed by atoms with Gasteiger partial charge >= 0.3 is 0 Å². The minimum Gasteiger partial charge on any atom is -0.356 e. The van der Waals surface area contributed by atoms with Crippen LogP contribution in [-0.4, -0.2) is 36.1 Å². The normalized spacial score (nSPS) is 17.1. The van der Waals surface area contributed by atoms with Crippen LogP contribution in [0.3, 0.4) is 0 Å². The van der Waals surface area contributed by atoms with Crippen LogP contribution in [-0.2, 0) is 6.42 Å². The monoisotopic (exact) mass is 248 g/mol. The van der Waals surface area contributed by atoms with Crippen molar-refractivity contribution >= 4 is 5.82 Å². The molecule has 0 aliphatic carbocycles. The number of hydrogen-bond donors (Lipinski definition) is 1. The Hall–Kier alpha value is -1.16. The van der Waals surface area contributed by atoms with Gasteiger partial charge in [-0.3, -0.25) is 0 Å². The van der Waals surface area contributed by atoms with Crippen LogP contribution in [0.1, 0.15) is 32.4 Å². The molecule has 0 bridgehead atoms. The average molecular weight is 248 g/mol. The number of nitrogens with zero attached hydrogens (tertiary/aromatic N) is 3. The molecule has 0 unspecified atom stereocenters. The average Bonchev–Trinajstić information content (AvgIpc) is 2.46. The van der Waals surface area contributed by atoms with Crippen molar-refractivity contribution in [1.82, 2.24) is 15.3 Å². The molecule has 0 atom stereocenters. The molecular weight excluding hydrogens is 224 g/mol. The van der Waals surface area contributed by atoms with Crippen LogP contribution in [0.5, 0.6) is 0 Å². The highest BCUT2D eigenvalue weighted by molar-refractivity contribution is 5.39. The quantitative estimate of drug-likeness (QED) is 0.863. The predicted molar refractivity (Wildman–Crippen MR) is 74.9 cm³/mol. The Morgan fingerprint density at radius 2 is 2.06 bits per heavy atom. The van der Waals surface area contributed by atoms with Crippen molar-refractivity contribution in [2.24, 2.45) is 5.92 Å². The van der Waals surface area contributed by atoms with Gasteiger partial charge in [0.05, 0.1) is 0 Å². The maximum atomic E-state index is 4.40. The molecule has 1 N–H and O–H groups in total. The van der Waals surface area contributed by atoms with E-state index in [1.54, 1.807) is 6.33 Å². The molecule has 1 saturated heterocycles. The van der Waals surface area contributed by atoms with Crippen molar-refractivity contribution in [3.05, 3.63) is 18.1 Å². The summed E-state index contributed by atoms with van der Waals surface area (Å²) in [7, 11) is 0. The van der Waals surface area contributed by atoms with E-state index in [0.717, 1.165) is 50.0 Å². The van der Waals surface area contributed by atoms with E-state index in [9.17, 15) is 0 Å². The predicted octanol–water partition coefficient (Wildman–Crippen LogP) is 1.86. The Morgan fingerprint density at radius 1 is 1.28 bits per heavy atom. The SMILES string of the molecule is CCNCC1CCN(c2cc(CC)ncn2)CC1. The van der Waals surface area contributed by atoms with E-state index in [2.05, 4.69) is 40.1 Å². The zero-order valence-electron chi connectivity index (χ0n) is 11.5. The molecule has 18 heavy (non-hydrogen) atoms. The van der Waals surface area contributed by atoms with Crippen LogP contribution >= 0.6 is 0 Å². The molecule has 1 aliphatic heterocycles. The Bertz CT molecular complexity index is 359. The Labute approximate surface area is 110 Å². The van der Waals surface area contributed by atoms with Crippen LogP contribution in [0.4, 0.5) is 5.82 Å². The fourth-order valence-corrected chi connectivity index (χ4v) is 2.47. The van der Waals surface area contributed by atoms with Gasteiger partial charge < -0.3 is 10.2 Å². The van der Waals surface area contributed by atoms with Crippen molar-refractivity contribution in [1.29, 1.82) is 0 Å². The van der Waals surface area contributed by atoms with E-state index in [-0.39, 0.29) is 0 Å². The van der Waals surface area contributed by atoms with E-state index in [4.69, 9.17) is 0 Å². The van der Waals surface area contributed by atoms with Crippen molar-refractivity contribution in [2.75, 3.05) is 31.1 Å². The first-order valence-corrected chi connectivity index (χ1v) is 7.10. The molecule has 1 aliphatic rings. The molecule has 0 aromatic carbocycles. The number of anilines is 1. The lowest BCUT2D eigenvalue weighted by Crippen LogP contribution is -2.37. The lowest BCUT2D eigenvalue weighted by atomic mass is 9.97. The van der Waals surface area contributed by atoms with Gasteiger partial charge in [-0.05, 0) is 38.3 Å². The third-order valence-corrected chi connectivity index (χ3v) is 3.69. The van der Waals surface area contributed by atoms with Crippen LogP contribution in [0, 0.1) is 5.92 Å². The van der Waals surface area contributed by atoms with Gasteiger partial charge in [0, 0.05) is 24.8 Å². The third kappa shape index (κ3) is 3.42. The minimum atomic E-state index is 0.827. The molecule has 4 heteroatoms. The van der Waals surface area contributed by atoms with E-state index < -0.39 is 0 Å². The highest BCUT2D eigenvalue weighted by Crippen LogP contribution is 2.21. The van der Waals surface area contributed by atoms with E-state index in [1.807, 2.05) is 0 Å². The highest BCUT2D eigenvalue weighted by Gasteiger charge is 2.19. The summed E-state index contributed by atoms with van der Waals surface area (Å²) in [5.74, 6) is 1.93. The van der Waals surface area contributed by atoms with Gasteiger partial charge in [0.15, 0.2) is 0 Å². The standard InChI is InChI=1S/C14H24N4/c1-3-13-9-14(17-11-16-13)18-7-5-12(6-8-18)10-15-4-2/h9,11-12,15H,3-8,10H2,1-2H3.